The molecule has 1 fully saturated rings. The quantitative estimate of drug-likeness (QED) is 0.886. The Balaban J connectivity index is 1.41. The molecule has 1 heterocycles. The molecule has 3 rings (SSSR count). The number of nitrogens with one attached hydrogen (secondary N) is 2. The Morgan fingerprint density at radius 1 is 1.00 bits per heavy atom. The molecule has 0 unspecified atom stereocenters. The second-order valence-electron chi connectivity index (χ2n) is 6.83. The molecule has 5 heteroatoms. The molecular formula is C21H25N3O2. The number of carbonyl (C=O) groups excluding carboxylic acids is 2. The van der Waals surface area contributed by atoms with Gasteiger partial charge in [0.15, 0.2) is 0 Å². The molecule has 0 radical (unpaired) electrons. The van der Waals surface area contributed by atoms with Crippen molar-refractivity contribution in [1.82, 2.24) is 10.2 Å². The molecular weight excluding hydrogens is 326 g/mol. The lowest BCUT2D eigenvalue weighted by molar-refractivity contribution is -0.121. The van der Waals surface area contributed by atoms with Gasteiger partial charge >= 0.3 is 6.03 Å². The molecule has 1 aliphatic rings. The Bertz CT molecular complexity index is 736. The first kappa shape index (κ1) is 18.1. The molecule has 2 aromatic rings. The van der Waals surface area contributed by atoms with Crippen molar-refractivity contribution in [3.63, 3.8) is 0 Å². The van der Waals surface area contributed by atoms with Gasteiger partial charge in [0.05, 0.1) is 6.54 Å². The summed E-state index contributed by atoms with van der Waals surface area (Å²) in [4.78, 5) is 26.1. The van der Waals surface area contributed by atoms with E-state index in [1.165, 1.54) is 5.56 Å². The molecule has 26 heavy (non-hydrogen) atoms. The third-order valence-corrected chi connectivity index (χ3v) is 4.79. The van der Waals surface area contributed by atoms with Crippen LogP contribution in [0.15, 0.2) is 54.6 Å². The number of hydrogen-bond acceptors (Lipinski definition) is 3. The van der Waals surface area contributed by atoms with E-state index in [1.54, 1.807) is 0 Å². The average molecular weight is 351 g/mol. The Kier molecular flexibility index (Phi) is 6.02. The van der Waals surface area contributed by atoms with Crippen molar-refractivity contribution in [2.24, 2.45) is 0 Å². The van der Waals surface area contributed by atoms with Crippen LogP contribution in [0.1, 0.15) is 29.9 Å². The van der Waals surface area contributed by atoms with Gasteiger partial charge in [-0.2, -0.15) is 0 Å². The predicted octanol–water partition coefficient (Wildman–Crippen LogP) is 3.52. The lowest BCUT2D eigenvalue weighted by atomic mass is 9.89. The zero-order valence-electron chi connectivity index (χ0n) is 15.1. The molecule has 1 saturated heterocycles. The maximum atomic E-state index is 12.1. The summed E-state index contributed by atoms with van der Waals surface area (Å²) in [5, 5.41) is 5.08. The summed E-state index contributed by atoms with van der Waals surface area (Å²) in [6.07, 6.45) is 2.07. The number of anilines is 1. The van der Waals surface area contributed by atoms with Gasteiger partial charge in [-0.25, -0.2) is 4.79 Å². The second kappa shape index (κ2) is 8.63. The highest BCUT2D eigenvalue weighted by atomic mass is 16.2. The Morgan fingerprint density at radius 3 is 2.31 bits per heavy atom. The van der Waals surface area contributed by atoms with Crippen LogP contribution in [0.25, 0.3) is 0 Å². The van der Waals surface area contributed by atoms with E-state index in [-0.39, 0.29) is 12.5 Å². The number of hydrogen-bond donors (Lipinski definition) is 2. The summed E-state index contributed by atoms with van der Waals surface area (Å²) >= 11 is 0. The smallest absolute Gasteiger partial charge is 0.308 e. The van der Waals surface area contributed by atoms with Crippen molar-refractivity contribution < 1.29 is 9.59 Å². The van der Waals surface area contributed by atoms with Gasteiger partial charge in [0.1, 0.15) is 0 Å². The largest absolute Gasteiger partial charge is 0.325 e. The standard InChI is InChI=1S/C21H25N3O2/c1-16-7-9-19(10-8-16)22-21(26)23-20(25)15-24-13-11-18(12-14-24)17-5-3-2-4-6-17/h2-10,18H,11-15H2,1H3,(H2,22,23,25,26). The zero-order chi connectivity index (χ0) is 18.4. The predicted molar refractivity (Wildman–Crippen MR) is 103 cm³/mol. The second-order valence-corrected chi connectivity index (χ2v) is 6.83. The van der Waals surface area contributed by atoms with Crippen LogP contribution in [0.4, 0.5) is 10.5 Å². The van der Waals surface area contributed by atoms with E-state index in [0.717, 1.165) is 31.5 Å². The third-order valence-electron chi connectivity index (χ3n) is 4.79. The molecule has 136 valence electrons. The Hall–Kier alpha value is -2.66. The summed E-state index contributed by atoms with van der Waals surface area (Å²) in [6, 6.07) is 17.5. The monoisotopic (exact) mass is 351 g/mol. The molecule has 0 saturated carbocycles. The van der Waals surface area contributed by atoms with Crippen LogP contribution in [0.3, 0.4) is 0 Å². The number of piperidine rings is 1. The molecule has 0 aliphatic carbocycles. The zero-order valence-corrected chi connectivity index (χ0v) is 15.1. The fourth-order valence-corrected chi connectivity index (χ4v) is 3.32. The number of nitrogens with zero attached hydrogens (tertiary/aromatic N) is 1. The maximum absolute atomic E-state index is 12.1. The molecule has 3 amide bonds. The van der Waals surface area contributed by atoms with Crippen molar-refractivity contribution >= 4 is 17.6 Å². The van der Waals surface area contributed by atoms with E-state index < -0.39 is 6.03 Å². The molecule has 5 nitrogen and oxygen atoms in total. The van der Waals surface area contributed by atoms with Crippen LogP contribution in [-0.2, 0) is 4.79 Å². The van der Waals surface area contributed by atoms with E-state index in [1.807, 2.05) is 37.3 Å². The van der Waals surface area contributed by atoms with Gasteiger partial charge in [-0.1, -0.05) is 48.0 Å². The number of amides is 3. The van der Waals surface area contributed by atoms with Crippen LogP contribution in [-0.4, -0.2) is 36.5 Å². The van der Waals surface area contributed by atoms with Gasteiger partial charge in [0, 0.05) is 5.69 Å². The topological polar surface area (TPSA) is 61.4 Å². The van der Waals surface area contributed by atoms with Crippen LogP contribution < -0.4 is 10.6 Å². The van der Waals surface area contributed by atoms with Crippen molar-refractivity contribution in [3.8, 4) is 0 Å². The van der Waals surface area contributed by atoms with Gasteiger partial charge in [-0.05, 0) is 56.5 Å². The van der Waals surface area contributed by atoms with Gasteiger partial charge in [0.25, 0.3) is 0 Å². The van der Waals surface area contributed by atoms with Crippen molar-refractivity contribution in [3.05, 3.63) is 65.7 Å². The average Bonchev–Trinajstić information content (AvgIpc) is 2.65. The Labute approximate surface area is 154 Å². The maximum Gasteiger partial charge on any atom is 0.325 e. The first-order valence-corrected chi connectivity index (χ1v) is 9.05. The molecule has 2 N–H and O–H groups in total. The minimum atomic E-state index is -0.488. The van der Waals surface area contributed by atoms with Crippen molar-refractivity contribution in [2.45, 2.75) is 25.7 Å². The van der Waals surface area contributed by atoms with Crippen molar-refractivity contribution in [1.29, 1.82) is 0 Å². The van der Waals surface area contributed by atoms with E-state index in [4.69, 9.17) is 0 Å². The SMILES string of the molecule is Cc1ccc(NC(=O)NC(=O)CN2CCC(c3ccccc3)CC2)cc1. The van der Waals surface area contributed by atoms with Gasteiger partial charge in [-0.3, -0.25) is 15.0 Å². The van der Waals surface area contributed by atoms with E-state index >= 15 is 0 Å². The van der Waals surface area contributed by atoms with Crippen molar-refractivity contribution in [2.75, 3.05) is 25.0 Å². The minimum Gasteiger partial charge on any atom is -0.308 e. The lowest BCUT2D eigenvalue weighted by Crippen LogP contribution is -2.44. The molecule has 0 atom stereocenters. The van der Waals surface area contributed by atoms with Gasteiger partial charge < -0.3 is 5.32 Å². The van der Waals surface area contributed by atoms with Gasteiger partial charge in [0.2, 0.25) is 5.91 Å². The molecule has 0 spiro atoms. The molecule has 0 aromatic heterocycles. The number of imide groups is 1. The molecule has 1 aliphatic heterocycles. The number of urea groups is 1. The van der Waals surface area contributed by atoms with E-state index in [9.17, 15) is 9.59 Å². The normalized spacial score (nSPS) is 15.4. The van der Waals surface area contributed by atoms with Gasteiger partial charge in [-0.15, -0.1) is 0 Å². The number of aryl methyl sites for hydroxylation is 1. The minimum absolute atomic E-state index is 0.253. The Morgan fingerprint density at radius 2 is 1.65 bits per heavy atom. The first-order valence-electron chi connectivity index (χ1n) is 9.05. The third kappa shape index (κ3) is 5.17. The number of benzene rings is 2. The summed E-state index contributed by atoms with van der Waals surface area (Å²) in [6.45, 7) is 3.97. The summed E-state index contributed by atoms with van der Waals surface area (Å²) in [7, 11) is 0. The number of rotatable bonds is 4. The summed E-state index contributed by atoms with van der Waals surface area (Å²) in [5.41, 5.74) is 3.16. The summed E-state index contributed by atoms with van der Waals surface area (Å²) < 4.78 is 0. The van der Waals surface area contributed by atoms with Crippen LogP contribution in [0.5, 0.6) is 0 Å². The first-order chi connectivity index (χ1) is 12.6. The van der Waals surface area contributed by atoms with Crippen LogP contribution in [0, 0.1) is 6.92 Å². The number of carbonyl (C=O) groups is 2. The van der Waals surface area contributed by atoms with E-state index in [0.29, 0.717) is 11.6 Å². The summed E-state index contributed by atoms with van der Waals surface area (Å²) in [5.74, 6) is 0.285. The van der Waals surface area contributed by atoms with Crippen LogP contribution >= 0.6 is 0 Å². The highest BCUT2D eigenvalue weighted by Gasteiger charge is 2.22. The number of likely N-dealkylation sites (tertiary alicyclic amines) is 1. The highest BCUT2D eigenvalue weighted by Crippen LogP contribution is 2.27. The molecule has 2 aromatic carbocycles. The highest BCUT2D eigenvalue weighted by molar-refractivity contribution is 6.01. The fourth-order valence-electron chi connectivity index (χ4n) is 3.32. The fraction of sp³-hybridized carbons (Fsp3) is 0.333. The van der Waals surface area contributed by atoms with Crippen LogP contribution in [0.2, 0.25) is 0 Å². The molecule has 0 bridgehead atoms. The lowest BCUT2D eigenvalue weighted by Gasteiger charge is -2.31. The van der Waals surface area contributed by atoms with E-state index in [2.05, 4.69) is 39.8 Å².